The van der Waals surface area contributed by atoms with Gasteiger partial charge in [0.1, 0.15) is 0 Å². The van der Waals surface area contributed by atoms with Gasteiger partial charge in [0.05, 0.1) is 0 Å². The molecule has 0 aliphatic carbocycles. The summed E-state index contributed by atoms with van der Waals surface area (Å²) in [5.74, 6) is 0. The quantitative estimate of drug-likeness (QED) is 0.491. The first-order chi connectivity index (χ1) is 7.12. The Labute approximate surface area is 126 Å². The normalized spacial score (nSPS) is 18.0. The van der Waals surface area contributed by atoms with Crippen LogP contribution in [0.3, 0.4) is 0 Å². The molecule has 0 spiro atoms. The molecule has 0 radical (unpaired) electrons. The molecule has 0 aromatic rings. The Balaban J connectivity index is 4.59. The maximum Gasteiger partial charge on any atom is 0.485 e. The van der Waals surface area contributed by atoms with Gasteiger partial charge in [-0.15, -0.1) is 11.1 Å². The van der Waals surface area contributed by atoms with Gasteiger partial charge in [-0.1, -0.05) is 33.2 Å². The fraction of sp³-hybridized carbons (Fsp3) is 1.00. The molecule has 0 N–H and O–H groups in total. The molecule has 0 saturated heterocycles. The average Bonchev–Trinajstić information content (AvgIpc) is 1.65. The van der Waals surface area contributed by atoms with E-state index in [1.54, 1.807) is 6.55 Å². The van der Waals surface area contributed by atoms with Crippen LogP contribution in [0.5, 0.6) is 0 Å². The summed E-state index contributed by atoms with van der Waals surface area (Å²) in [6, 6.07) is 0. The van der Waals surface area contributed by atoms with Gasteiger partial charge >= 0.3 is 22.7 Å². The minimum Gasteiger partial charge on any atom is -0.437 e. The average molecular weight is 392 g/mol. The number of hydrogen-bond donors (Lipinski definition) is 0. The van der Waals surface area contributed by atoms with E-state index in [9.17, 15) is 0 Å². The summed E-state index contributed by atoms with van der Waals surface area (Å²) in [5.41, 5.74) is 0. The molecule has 1 atom stereocenters. The van der Waals surface area contributed by atoms with Crippen LogP contribution in [0.15, 0.2) is 0 Å². The van der Waals surface area contributed by atoms with Crippen LogP contribution in [0.1, 0.15) is 0 Å². The molecule has 1 unspecified atom stereocenters. The van der Waals surface area contributed by atoms with E-state index in [2.05, 4.69) is 19.6 Å². The van der Waals surface area contributed by atoms with Crippen LogP contribution in [-0.2, 0) is 12.3 Å². The molecule has 0 saturated carbocycles. The monoisotopic (exact) mass is 390 g/mol. The van der Waals surface area contributed by atoms with Crippen molar-refractivity contribution in [1.29, 1.82) is 0 Å². The third-order valence-electron chi connectivity index (χ3n) is 1.28. The maximum atomic E-state index is 6.18. The zero-order valence-corrected chi connectivity index (χ0v) is 17.8. The van der Waals surface area contributed by atoms with Crippen molar-refractivity contribution in [3.8, 4) is 0 Å². The van der Waals surface area contributed by atoms with Crippen LogP contribution in [-0.4, -0.2) is 31.0 Å². The van der Waals surface area contributed by atoms with E-state index >= 15 is 0 Å². The van der Waals surface area contributed by atoms with Gasteiger partial charge in [-0.25, -0.2) is 0 Å². The van der Waals surface area contributed by atoms with E-state index in [1.807, 2.05) is 13.1 Å². The molecule has 0 aliphatic heterocycles. The molecule has 0 aromatic heterocycles. The summed E-state index contributed by atoms with van der Waals surface area (Å²) in [4.78, 5) is 0. The molecule has 0 bridgehead atoms. The van der Waals surface area contributed by atoms with Crippen LogP contribution in [0, 0.1) is 0 Å². The van der Waals surface area contributed by atoms with E-state index in [-0.39, 0.29) is 0 Å². The predicted molar refractivity (Wildman–Crippen MR) is 84.9 cm³/mol. The summed E-state index contributed by atoms with van der Waals surface area (Å²) in [6.07, 6.45) is -3.25. The summed E-state index contributed by atoms with van der Waals surface area (Å²) < 4.78 is 17.0. The largest absolute Gasteiger partial charge is 0.485 e. The highest BCUT2D eigenvalue weighted by molar-refractivity contribution is 7.63. The second-order valence-corrected chi connectivity index (χ2v) is 25.7. The van der Waals surface area contributed by atoms with E-state index in [0.29, 0.717) is 0 Å². The SMILES string of the molecule is C[Si](C)(C)O[Si](C)(C)O[Si](C)(Cl)O[Si](Cl)(Cl)Cl. The lowest BCUT2D eigenvalue weighted by atomic mass is 11.8. The van der Waals surface area contributed by atoms with Gasteiger partial charge in [-0.05, 0) is 39.3 Å². The van der Waals surface area contributed by atoms with Crippen molar-refractivity contribution < 1.29 is 12.3 Å². The van der Waals surface area contributed by atoms with Crippen molar-refractivity contribution in [2.75, 3.05) is 0 Å². The van der Waals surface area contributed by atoms with E-state index in [1.165, 1.54) is 0 Å². The van der Waals surface area contributed by atoms with Crippen molar-refractivity contribution in [2.45, 2.75) is 39.3 Å². The van der Waals surface area contributed by atoms with Crippen LogP contribution in [0.2, 0.25) is 39.3 Å². The van der Waals surface area contributed by atoms with E-state index < -0.39 is 31.0 Å². The van der Waals surface area contributed by atoms with Crippen LogP contribution in [0.4, 0.5) is 0 Å². The third kappa shape index (κ3) is 11.4. The summed E-state index contributed by atoms with van der Waals surface area (Å²) in [5, 5.41) is 0. The van der Waals surface area contributed by atoms with Crippen molar-refractivity contribution in [2.24, 2.45) is 0 Å². The summed E-state index contributed by atoms with van der Waals surface area (Å²) in [7, 11) is -7.03. The molecule has 0 aromatic carbocycles. The molecule has 3 nitrogen and oxygen atoms in total. The highest BCUT2D eigenvalue weighted by Gasteiger charge is 2.47. The molecule has 0 heterocycles. The molecular formula is C6H18Cl4O3Si4. The van der Waals surface area contributed by atoms with Crippen molar-refractivity contribution in [1.82, 2.24) is 0 Å². The van der Waals surface area contributed by atoms with Gasteiger partial charge in [-0.2, -0.15) is 0 Å². The zero-order chi connectivity index (χ0) is 14.1. The standard InChI is InChI=1S/C6H18Cl4O3Si4/c1-14(2,3)11-15(4,5)12-16(6,7)13-17(8,9)10/h1-6H3. The minimum absolute atomic E-state index is 1.64. The topological polar surface area (TPSA) is 27.7 Å². The molecule has 0 aliphatic rings. The molecule has 0 rings (SSSR count). The Kier molecular flexibility index (Phi) is 6.81. The first-order valence-corrected chi connectivity index (χ1v) is 19.5. The molecule has 17 heavy (non-hydrogen) atoms. The number of rotatable bonds is 6. The van der Waals surface area contributed by atoms with Gasteiger partial charge in [0.25, 0.3) is 0 Å². The molecular weight excluding hydrogens is 374 g/mol. The van der Waals surface area contributed by atoms with Gasteiger partial charge in [-0.3, -0.25) is 0 Å². The van der Waals surface area contributed by atoms with Crippen molar-refractivity contribution >= 4 is 75.3 Å². The van der Waals surface area contributed by atoms with Gasteiger partial charge in [0.2, 0.25) is 0 Å². The number of hydrogen-bond acceptors (Lipinski definition) is 3. The molecule has 104 valence electrons. The first kappa shape index (κ1) is 18.9. The Bertz CT molecular complexity index is 237. The summed E-state index contributed by atoms with van der Waals surface area (Å²) in [6.45, 7) is 11.7. The van der Waals surface area contributed by atoms with E-state index in [4.69, 9.17) is 56.7 Å². The Morgan fingerprint density at radius 2 is 1.06 bits per heavy atom. The van der Waals surface area contributed by atoms with Crippen molar-refractivity contribution in [3.05, 3.63) is 0 Å². The van der Waals surface area contributed by atoms with Crippen LogP contribution < -0.4 is 0 Å². The van der Waals surface area contributed by atoms with Gasteiger partial charge in [0, 0.05) is 0 Å². The van der Waals surface area contributed by atoms with Gasteiger partial charge < -0.3 is 12.3 Å². The Morgan fingerprint density at radius 1 is 0.647 bits per heavy atom. The van der Waals surface area contributed by atoms with Crippen LogP contribution >= 0.6 is 44.3 Å². The number of halogens is 4. The highest BCUT2D eigenvalue weighted by atomic mass is 35.8. The highest BCUT2D eigenvalue weighted by Crippen LogP contribution is 2.31. The summed E-state index contributed by atoms with van der Waals surface area (Å²) >= 11 is 23.2. The van der Waals surface area contributed by atoms with Crippen molar-refractivity contribution in [3.63, 3.8) is 0 Å². The second kappa shape index (κ2) is 6.13. The van der Waals surface area contributed by atoms with Gasteiger partial charge in [0.15, 0.2) is 8.32 Å². The lowest BCUT2D eigenvalue weighted by Gasteiger charge is -2.36. The first-order valence-electron chi connectivity index (χ1n) is 4.98. The second-order valence-electron chi connectivity index (χ2n) is 5.10. The minimum atomic E-state index is -3.25. The molecule has 11 heteroatoms. The zero-order valence-electron chi connectivity index (χ0n) is 10.7. The fourth-order valence-corrected chi connectivity index (χ4v) is 21.3. The maximum absolute atomic E-state index is 6.18. The lowest BCUT2D eigenvalue weighted by Crippen LogP contribution is -2.53. The van der Waals surface area contributed by atoms with Crippen LogP contribution in [0.25, 0.3) is 0 Å². The lowest BCUT2D eigenvalue weighted by molar-refractivity contribution is 0.350. The third-order valence-corrected chi connectivity index (χ3v) is 15.0. The predicted octanol–water partition coefficient (Wildman–Crippen LogP) is 4.53. The molecule has 0 fully saturated rings. The molecule has 0 amide bonds. The Morgan fingerprint density at radius 3 is 1.35 bits per heavy atom. The van der Waals surface area contributed by atoms with E-state index in [0.717, 1.165) is 0 Å². The smallest absolute Gasteiger partial charge is 0.437 e. The fourth-order valence-electron chi connectivity index (χ4n) is 1.42. The Hall–Kier alpha value is 1.91.